The van der Waals surface area contributed by atoms with Crippen molar-refractivity contribution in [2.75, 3.05) is 0 Å². The number of hydrogen-bond donors (Lipinski definition) is 1. The van der Waals surface area contributed by atoms with Gasteiger partial charge in [-0.2, -0.15) is 0 Å². The molecule has 0 aliphatic carbocycles. The molecule has 1 unspecified atom stereocenters. The maximum absolute atomic E-state index is 9.97. The molecule has 0 saturated heterocycles. The number of aryl methyl sites for hydroxylation is 1. The Labute approximate surface area is 106 Å². The smallest absolute Gasteiger partial charge is 0.0643 e. The van der Waals surface area contributed by atoms with Crippen LogP contribution in [0, 0.1) is 0 Å². The summed E-state index contributed by atoms with van der Waals surface area (Å²) in [5, 5.41) is 12.0. The third-order valence-corrected chi connectivity index (χ3v) is 3.65. The third kappa shape index (κ3) is 3.65. The number of aliphatic hydroxyl groups excluding tert-OH is 1. The summed E-state index contributed by atoms with van der Waals surface area (Å²) in [6.45, 7) is 2.11. The normalized spacial score (nSPS) is 12.6. The molecule has 0 aliphatic rings. The zero-order valence-electron chi connectivity index (χ0n) is 9.97. The third-order valence-electron chi connectivity index (χ3n) is 2.76. The lowest BCUT2D eigenvalue weighted by molar-refractivity contribution is 0.175. The van der Waals surface area contributed by atoms with Crippen molar-refractivity contribution in [3.8, 4) is 0 Å². The van der Waals surface area contributed by atoms with Gasteiger partial charge in [0.25, 0.3) is 0 Å². The standard InChI is InChI=1S/C14H17NOS/c1-2-11-5-6-12(15-10-11)8-13(16)9-14-4-3-7-17-14/h3-7,10,13,16H,2,8-9H2,1H3. The number of thiophene rings is 1. The van der Waals surface area contributed by atoms with E-state index in [0.717, 1.165) is 18.5 Å². The molecule has 2 heterocycles. The van der Waals surface area contributed by atoms with Crippen molar-refractivity contribution in [2.45, 2.75) is 32.3 Å². The molecule has 1 atom stereocenters. The van der Waals surface area contributed by atoms with Crippen molar-refractivity contribution < 1.29 is 5.11 Å². The number of nitrogens with zero attached hydrogens (tertiary/aromatic N) is 1. The van der Waals surface area contributed by atoms with E-state index < -0.39 is 0 Å². The van der Waals surface area contributed by atoms with Gasteiger partial charge in [-0.05, 0) is 29.5 Å². The van der Waals surface area contributed by atoms with E-state index in [0.29, 0.717) is 6.42 Å². The first-order valence-electron chi connectivity index (χ1n) is 5.92. The van der Waals surface area contributed by atoms with Crippen LogP contribution in [0.3, 0.4) is 0 Å². The molecule has 2 aromatic rings. The van der Waals surface area contributed by atoms with Crippen molar-refractivity contribution in [1.29, 1.82) is 0 Å². The largest absolute Gasteiger partial charge is 0.392 e. The van der Waals surface area contributed by atoms with E-state index in [1.807, 2.05) is 23.7 Å². The Morgan fingerprint density at radius 2 is 2.18 bits per heavy atom. The Morgan fingerprint density at radius 1 is 1.29 bits per heavy atom. The van der Waals surface area contributed by atoms with Gasteiger partial charge in [-0.15, -0.1) is 11.3 Å². The van der Waals surface area contributed by atoms with Crippen molar-refractivity contribution in [3.63, 3.8) is 0 Å². The molecule has 17 heavy (non-hydrogen) atoms. The SMILES string of the molecule is CCc1ccc(CC(O)Cc2cccs2)nc1. The summed E-state index contributed by atoms with van der Waals surface area (Å²) in [5.41, 5.74) is 2.20. The topological polar surface area (TPSA) is 33.1 Å². The average molecular weight is 247 g/mol. The molecule has 0 bridgehead atoms. The van der Waals surface area contributed by atoms with Crippen LogP contribution in [-0.2, 0) is 19.3 Å². The van der Waals surface area contributed by atoms with E-state index in [1.165, 1.54) is 10.4 Å². The lowest BCUT2D eigenvalue weighted by atomic mass is 10.1. The highest BCUT2D eigenvalue weighted by Gasteiger charge is 2.08. The van der Waals surface area contributed by atoms with E-state index in [-0.39, 0.29) is 6.10 Å². The summed E-state index contributed by atoms with van der Waals surface area (Å²) in [6.07, 6.45) is 3.91. The summed E-state index contributed by atoms with van der Waals surface area (Å²) in [7, 11) is 0. The van der Waals surface area contributed by atoms with E-state index in [2.05, 4.69) is 24.0 Å². The van der Waals surface area contributed by atoms with E-state index in [4.69, 9.17) is 0 Å². The summed E-state index contributed by atoms with van der Waals surface area (Å²) >= 11 is 1.69. The van der Waals surface area contributed by atoms with Gasteiger partial charge < -0.3 is 5.11 Å². The molecule has 0 radical (unpaired) electrons. The van der Waals surface area contributed by atoms with Crippen LogP contribution in [0.25, 0.3) is 0 Å². The molecule has 2 rings (SSSR count). The lowest BCUT2D eigenvalue weighted by Crippen LogP contribution is -2.14. The molecule has 3 heteroatoms. The fourth-order valence-electron chi connectivity index (χ4n) is 1.76. The molecule has 0 aliphatic heterocycles. The Balaban J connectivity index is 1.91. The van der Waals surface area contributed by atoms with Crippen LogP contribution in [0.4, 0.5) is 0 Å². The Morgan fingerprint density at radius 3 is 2.76 bits per heavy atom. The predicted octanol–water partition coefficient (Wildman–Crippen LogP) is 2.85. The highest BCUT2D eigenvalue weighted by Crippen LogP contribution is 2.13. The molecule has 2 nitrogen and oxygen atoms in total. The maximum atomic E-state index is 9.97. The fraction of sp³-hybridized carbons (Fsp3) is 0.357. The molecule has 0 aromatic carbocycles. The van der Waals surface area contributed by atoms with Gasteiger partial charge in [-0.25, -0.2) is 0 Å². The zero-order valence-corrected chi connectivity index (χ0v) is 10.8. The predicted molar refractivity (Wildman–Crippen MR) is 71.3 cm³/mol. The molecule has 2 aromatic heterocycles. The van der Waals surface area contributed by atoms with Crippen LogP contribution >= 0.6 is 11.3 Å². The molecular weight excluding hydrogens is 230 g/mol. The minimum atomic E-state index is -0.339. The average Bonchev–Trinajstić information content (AvgIpc) is 2.82. The van der Waals surface area contributed by atoms with Gasteiger partial charge in [0, 0.05) is 29.6 Å². The zero-order chi connectivity index (χ0) is 12.1. The summed E-state index contributed by atoms with van der Waals surface area (Å²) in [5.74, 6) is 0. The second kappa shape index (κ2) is 5.94. The van der Waals surface area contributed by atoms with Gasteiger partial charge in [0.15, 0.2) is 0 Å². The molecule has 0 fully saturated rings. The first kappa shape index (κ1) is 12.3. The monoisotopic (exact) mass is 247 g/mol. The molecule has 0 spiro atoms. The van der Waals surface area contributed by atoms with Crippen molar-refractivity contribution >= 4 is 11.3 Å². The number of aliphatic hydroxyl groups is 1. The second-order valence-corrected chi connectivity index (χ2v) is 5.19. The Kier molecular flexibility index (Phi) is 4.29. The second-order valence-electron chi connectivity index (χ2n) is 4.15. The fourth-order valence-corrected chi connectivity index (χ4v) is 2.54. The van der Waals surface area contributed by atoms with Gasteiger partial charge in [-0.3, -0.25) is 4.98 Å². The van der Waals surface area contributed by atoms with Crippen molar-refractivity contribution in [1.82, 2.24) is 4.98 Å². The number of rotatable bonds is 5. The molecule has 0 saturated carbocycles. The van der Waals surface area contributed by atoms with Crippen LogP contribution in [0.2, 0.25) is 0 Å². The number of aromatic nitrogens is 1. The van der Waals surface area contributed by atoms with Crippen LogP contribution in [0.1, 0.15) is 23.1 Å². The molecular formula is C14H17NOS. The number of pyridine rings is 1. The van der Waals surface area contributed by atoms with Gasteiger partial charge in [0.2, 0.25) is 0 Å². The summed E-state index contributed by atoms with van der Waals surface area (Å²) < 4.78 is 0. The lowest BCUT2D eigenvalue weighted by Gasteiger charge is -2.09. The summed E-state index contributed by atoms with van der Waals surface area (Å²) in [6, 6.07) is 8.17. The molecule has 1 N–H and O–H groups in total. The van der Waals surface area contributed by atoms with Gasteiger partial charge in [0.1, 0.15) is 0 Å². The van der Waals surface area contributed by atoms with E-state index in [1.54, 1.807) is 11.3 Å². The first-order valence-corrected chi connectivity index (χ1v) is 6.80. The minimum Gasteiger partial charge on any atom is -0.392 e. The van der Waals surface area contributed by atoms with E-state index in [9.17, 15) is 5.11 Å². The van der Waals surface area contributed by atoms with Crippen LogP contribution in [0.5, 0.6) is 0 Å². The van der Waals surface area contributed by atoms with Crippen LogP contribution in [0.15, 0.2) is 35.8 Å². The van der Waals surface area contributed by atoms with Crippen molar-refractivity contribution in [3.05, 3.63) is 52.0 Å². The molecule has 0 amide bonds. The Bertz CT molecular complexity index is 436. The first-order chi connectivity index (χ1) is 8.28. The van der Waals surface area contributed by atoms with Gasteiger partial charge in [-0.1, -0.05) is 19.1 Å². The van der Waals surface area contributed by atoms with E-state index >= 15 is 0 Å². The quantitative estimate of drug-likeness (QED) is 0.881. The Hall–Kier alpha value is -1.19. The highest BCUT2D eigenvalue weighted by atomic mass is 32.1. The van der Waals surface area contributed by atoms with Crippen LogP contribution < -0.4 is 0 Å². The van der Waals surface area contributed by atoms with Crippen molar-refractivity contribution in [2.24, 2.45) is 0 Å². The maximum Gasteiger partial charge on any atom is 0.0643 e. The van der Waals surface area contributed by atoms with Gasteiger partial charge in [0.05, 0.1) is 6.10 Å². The highest BCUT2D eigenvalue weighted by molar-refractivity contribution is 7.09. The number of hydrogen-bond acceptors (Lipinski definition) is 3. The van der Waals surface area contributed by atoms with Gasteiger partial charge >= 0.3 is 0 Å². The minimum absolute atomic E-state index is 0.339. The summed E-state index contributed by atoms with van der Waals surface area (Å²) in [4.78, 5) is 5.59. The molecule has 90 valence electrons. The van der Waals surface area contributed by atoms with Crippen LogP contribution in [-0.4, -0.2) is 16.2 Å².